The quantitative estimate of drug-likeness (QED) is 0.299. The lowest BCUT2D eigenvalue weighted by Gasteiger charge is -2.31. The lowest BCUT2D eigenvalue weighted by Crippen LogP contribution is -2.47. The van der Waals surface area contributed by atoms with E-state index in [-0.39, 0.29) is 18.4 Å². The molecule has 0 spiro atoms. The summed E-state index contributed by atoms with van der Waals surface area (Å²) in [7, 11) is 1.61. The van der Waals surface area contributed by atoms with Crippen LogP contribution in [0.25, 0.3) is 0 Å². The van der Waals surface area contributed by atoms with Gasteiger partial charge in [0.05, 0.1) is 36.4 Å². The Morgan fingerprint density at radius 2 is 1.73 bits per heavy atom. The first-order chi connectivity index (χ1) is 19.4. The summed E-state index contributed by atoms with van der Waals surface area (Å²) >= 11 is 12.3. The van der Waals surface area contributed by atoms with Crippen molar-refractivity contribution in [1.82, 2.24) is 19.3 Å². The summed E-state index contributed by atoms with van der Waals surface area (Å²) < 4.78 is 12.9. The van der Waals surface area contributed by atoms with Crippen molar-refractivity contribution >= 4 is 35.0 Å². The van der Waals surface area contributed by atoms with E-state index in [1.54, 1.807) is 35.1 Å². The second kappa shape index (κ2) is 15.2. The van der Waals surface area contributed by atoms with Crippen molar-refractivity contribution in [3.63, 3.8) is 0 Å². The van der Waals surface area contributed by atoms with E-state index in [2.05, 4.69) is 21.6 Å². The molecule has 0 saturated carbocycles. The summed E-state index contributed by atoms with van der Waals surface area (Å²) in [6.07, 6.45) is 2.02. The molecular formula is C30H36Cl2N4O4. The van der Waals surface area contributed by atoms with Gasteiger partial charge in [0.25, 0.3) is 5.91 Å². The van der Waals surface area contributed by atoms with Gasteiger partial charge in [-0.05, 0) is 35.9 Å². The van der Waals surface area contributed by atoms with E-state index in [4.69, 9.17) is 32.7 Å². The lowest BCUT2D eigenvalue weighted by molar-refractivity contribution is -0.133. The third kappa shape index (κ3) is 8.56. The minimum Gasteiger partial charge on any atom is -0.383 e. The van der Waals surface area contributed by atoms with Crippen LogP contribution in [0, 0.1) is 0 Å². The molecule has 2 aromatic carbocycles. The highest BCUT2D eigenvalue weighted by molar-refractivity contribution is 6.42. The molecule has 0 bridgehead atoms. The highest BCUT2D eigenvalue weighted by Crippen LogP contribution is 2.23. The molecule has 0 aliphatic carbocycles. The maximum absolute atomic E-state index is 13.7. The lowest BCUT2D eigenvalue weighted by atomic mass is 10.2. The van der Waals surface area contributed by atoms with Gasteiger partial charge in [0.1, 0.15) is 6.54 Å². The molecule has 2 amide bonds. The zero-order valence-electron chi connectivity index (χ0n) is 22.8. The Morgan fingerprint density at radius 3 is 2.45 bits per heavy atom. The Kier molecular flexibility index (Phi) is 11.4. The molecule has 214 valence electrons. The highest BCUT2D eigenvalue weighted by atomic mass is 35.5. The number of hydrogen-bond acceptors (Lipinski definition) is 5. The number of ether oxygens (including phenoxy) is 2. The zero-order valence-corrected chi connectivity index (χ0v) is 24.3. The monoisotopic (exact) mass is 586 g/mol. The SMILES string of the molecule is COCCN(Cc1cccn1Cc1ccccc1)C(=O)CN(CCN1CCOCC1)C(=O)c1ccc(Cl)c(Cl)c1. The summed E-state index contributed by atoms with van der Waals surface area (Å²) in [6.45, 7) is 5.78. The number of carbonyl (C=O) groups is 2. The van der Waals surface area contributed by atoms with Crippen molar-refractivity contribution in [3.05, 3.63) is 93.7 Å². The van der Waals surface area contributed by atoms with Crippen LogP contribution < -0.4 is 0 Å². The van der Waals surface area contributed by atoms with Crippen LogP contribution in [0.1, 0.15) is 21.6 Å². The Morgan fingerprint density at radius 1 is 0.950 bits per heavy atom. The summed E-state index contributed by atoms with van der Waals surface area (Å²) in [4.78, 5) is 32.9. The highest BCUT2D eigenvalue weighted by Gasteiger charge is 2.25. The van der Waals surface area contributed by atoms with Crippen LogP contribution in [0.4, 0.5) is 0 Å². The number of benzene rings is 2. The number of amides is 2. The molecule has 1 aliphatic heterocycles. The minimum atomic E-state index is -0.265. The van der Waals surface area contributed by atoms with E-state index in [1.807, 2.05) is 36.5 Å². The standard InChI is InChI=1S/C30H36Cl2N4O4/c1-39-17-16-35(22-26-8-5-11-34(26)21-24-6-3-2-4-7-24)29(37)23-36(13-12-33-14-18-40-19-15-33)30(38)25-9-10-27(31)28(32)20-25/h2-11,20H,12-19,21-23H2,1H3. The largest absolute Gasteiger partial charge is 0.383 e. The predicted molar refractivity (Wildman–Crippen MR) is 157 cm³/mol. The Bertz CT molecular complexity index is 1250. The number of aromatic nitrogens is 1. The van der Waals surface area contributed by atoms with Crippen LogP contribution in [0.5, 0.6) is 0 Å². The first-order valence-electron chi connectivity index (χ1n) is 13.4. The summed E-state index contributed by atoms with van der Waals surface area (Å²) in [5.74, 6) is -0.417. The summed E-state index contributed by atoms with van der Waals surface area (Å²) in [5, 5.41) is 0.672. The van der Waals surface area contributed by atoms with Gasteiger partial charge in [-0.2, -0.15) is 0 Å². The van der Waals surface area contributed by atoms with Crippen LogP contribution >= 0.6 is 23.2 Å². The number of halogens is 2. The molecule has 0 N–H and O–H groups in total. The molecule has 8 nitrogen and oxygen atoms in total. The van der Waals surface area contributed by atoms with Gasteiger partial charge in [-0.15, -0.1) is 0 Å². The second-order valence-electron chi connectivity index (χ2n) is 9.73. The first-order valence-corrected chi connectivity index (χ1v) is 14.2. The van der Waals surface area contributed by atoms with Crippen molar-refractivity contribution in [3.8, 4) is 0 Å². The molecule has 1 fully saturated rings. The Balaban J connectivity index is 1.50. The number of nitrogens with zero attached hydrogens (tertiary/aromatic N) is 4. The number of morpholine rings is 1. The van der Waals surface area contributed by atoms with Gasteiger partial charge in [0, 0.05) is 63.8 Å². The van der Waals surface area contributed by atoms with Crippen molar-refractivity contribution in [2.75, 3.05) is 66.2 Å². The third-order valence-electron chi connectivity index (χ3n) is 6.96. The maximum atomic E-state index is 13.7. The van der Waals surface area contributed by atoms with Crippen molar-refractivity contribution in [2.24, 2.45) is 0 Å². The molecule has 1 saturated heterocycles. The number of methoxy groups -OCH3 is 1. The number of carbonyl (C=O) groups excluding carboxylic acids is 2. The summed E-state index contributed by atoms with van der Waals surface area (Å²) in [6, 6.07) is 19.0. The Labute approximate surface area is 246 Å². The molecule has 2 heterocycles. The van der Waals surface area contributed by atoms with E-state index in [0.717, 1.165) is 18.8 Å². The van der Waals surface area contributed by atoms with Gasteiger partial charge in [0.2, 0.25) is 5.91 Å². The second-order valence-corrected chi connectivity index (χ2v) is 10.5. The fourth-order valence-electron chi connectivity index (χ4n) is 4.63. The van der Waals surface area contributed by atoms with Gasteiger partial charge in [-0.25, -0.2) is 0 Å². The molecular weight excluding hydrogens is 551 g/mol. The zero-order chi connectivity index (χ0) is 28.3. The van der Waals surface area contributed by atoms with Crippen molar-refractivity contribution in [1.29, 1.82) is 0 Å². The molecule has 3 aromatic rings. The average Bonchev–Trinajstić information content (AvgIpc) is 3.41. The van der Waals surface area contributed by atoms with E-state index in [1.165, 1.54) is 5.56 Å². The van der Waals surface area contributed by atoms with E-state index >= 15 is 0 Å². The molecule has 1 aromatic heterocycles. The molecule has 0 unspecified atom stereocenters. The third-order valence-corrected chi connectivity index (χ3v) is 7.70. The molecule has 4 rings (SSSR count). The Hall–Kier alpha value is -2.88. The molecule has 1 aliphatic rings. The van der Waals surface area contributed by atoms with E-state index in [0.29, 0.717) is 68.2 Å². The normalized spacial score (nSPS) is 13.8. The summed E-state index contributed by atoms with van der Waals surface area (Å²) in [5.41, 5.74) is 2.57. The predicted octanol–water partition coefficient (Wildman–Crippen LogP) is 4.29. The van der Waals surface area contributed by atoms with E-state index in [9.17, 15) is 9.59 Å². The van der Waals surface area contributed by atoms with Gasteiger partial charge in [-0.3, -0.25) is 14.5 Å². The van der Waals surface area contributed by atoms with Crippen LogP contribution in [-0.2, 0) is 27.4 Å². The van der Waals surface area contributed by atoms with Crippen molar-refractivity contribution < 1.29 is 19.1 Å². The molecule has 0 radical (unpaired) electrons. The van der Waals surface area contributed by atoms with Crippen molar-refractivity contribution in [2.45, 2.75) is 13.1 Å². The molecule has 10 heteroatoms. The maximum Gasteiger partial charge on any atom is 0.254 e. The van der Waals surface area contributed by atoms with E-state index < -0.39 is 0 Å². The molecule has 40 heavy (non-hydrogen) atoms. The van der Waals surface area contributed by atoms with Gasteiger partial charge < -0.3 is 23.8 Å². The topological polar surface area (TPSA) is 67.2 Å². The number of rotatable bonds is 13. The first kappa shape index (κ1) is 30.1. The molecule has 0 atom stereocenters. The van der Waals surface area contributed by atoms with Crippen LogP contribution in [0.15, 0.2) is 66.9 Å². The van der Waals surface area contributed by atoms with Gasteiger partial charge in [0.15, 0.2) is 0 Å². The van der Waals surface area contributed by atoms with Crippen LogP contribution in [0.3, 0.4) is 0 Å². The van der Waals surface area contributed by atoms with Crippen LogP contribution in [0.2, 0.25) is 10.0 Å². The number of hydrogen-bond donors (Lipinski definition) is 0. The van der Waals surface area contributed by atoms with Gasteiger partial charge in [-0.1, -0.05) is 53.5 Å². The fraction of sp³-hybridized carbons (Fsp3) is 0.400. The smallest absolute Gasteiger partial charge is 0.254 e. The fourth-order valence-corrected chi connectivity index (χ4v) is 4.93. The van der Waals surface area contributed by atoms with Crippen LogP contribution in [-0.4, -0.2) is 97.3 Å². The minimum absolute atomic E-state index is 0.0630. The van der Waals surface area contributed by atoms with Gasteiger partial charge >= 0.3 is 0 Å². The average molecular weight is 588 g/mol.